The molecule has 1 aromatic carbocycles. The molecule has 0 saturated heterocycles. The molecule has 2 aliphatic carbocycles. The van der Waals surface area contributed by atoms with Gasteiger partial charge in [-0.25, -0.2) is 5.43 Å². The molecule has 1 aromatic rings. The number of fused-ring (bicyclic) bond motifs is 2. The molecule has 146 valence electrons. The van der Waals surface area contributed by atoms with Gasteiger partial charge in [-0.05, 0) is 55.7 Å². The molecule has 2 unspecified atom stereocenters. The zero-order valence-electron chi connectivity index (χ0n) is 16.7. The highest BCUT2D eigenvalue weighted by atomic mass is 16.5. The number of amides is 1. The summed E-state index contributed by atoms with van der Waals surface area (Å²) in [6, 6.07) is 4.89. The third-order valence-electron chi connectivity index (χ3n) is 6.76. The molecule has 0 radical (unpaired) electrons. The fourth-order valence-corrected chi connectivity index (χ4v) is 4.41. The minimum atomic E-state index is -0.315. The van der Waals surface area contributed by atoms with Crippen molar-refractivity contribution in [2.75, 3.05) is 13.7 Å². The number of rotatable bonds is 6. The molecule has 2 bridgehead atoms. The number of carbonyl (C=O) groups excluding carboxylic acids is 2. The summed E-state index contributed by atoms with van der Waals surface area (Å²) in [5.41, 5.74) is 4.53. The first-order valence-electron chi connectivity index (χ1n) is 9.36. The van der Waals surface area contributed by atoms with Gasteiger partial charge in [-0.2, -0.15) is 5.10 Å². The Hall–Kier alpha value is -2.37. The average Bonchev–Trinajstić information content (AvgIpc) is 2.97. The van der Waals surface area contributed by atoms with Crippen LogP contribution in [0, 0.1) is 16.7 Å². The maximum Gasteiger partial charge on any atom is 0.277 e. The Labute approximate surface area is 160 Å². The molecule has 0 heterocycles. The minimum absolute atomic E-state index is 0.0531. The number of carbonyl (C=O) groups is 2. The Morgan fingerprint density at radius 1 is 1.26 bits per heavy atom. The van der Waals surface area contributed by atoms with Gasteiger partial charge < -0.3 is 9.47 Å². The molecule has 2 atom stereocenters. The summed E-state index contributed by atoms with van der Waals surface area (Å²) in [5, 5.41) is 4.43. The van der Waals surface area contributed by atoms with Gasteiger partial charge in [0.25, 0.3) is 5.91 Å². The van der Waals surface area contributed by atoms with Crippen molar-refractivity contribution in [1.82, 2.24) is 5.43 Å². The molecule has 2 saturated carbocycles. The monoisotopic (exact) mass is 372 g/mol. The van der Waals surface area contributed by atoms with Crippen LogP contribution in [0.3, 0.4) is 0 Å². The van der Waals surface area contributed by atoms with E-state index < -0.39 is 0 Å². The molecule has 0 spiro atoms. The molecule has 0 aromatic heterocycles. The number of Topliss-reactive ketones (excluding diaryl/α,β-unsaturated/α-hetero) is 1. The fraction of sp³-hybridized carbons (Fsp3) is 0.571. The van der Waals surface area contributed by atoms with Gasteiger partial charge in [-0.3, -0.25) is 9.59 Å². The Morgan fingerprint density at radius 3 is 2.56 bits per heavy atom. The number of nitrogens with one attached hydrogen (secondary N) is 1. The largest absolute Gasteiger partial charge is 0.493 e. The van der Waals surface area contributed by atoms with Crippen LogP contribution in [0.5, 0.6) is 11.5 Å². The second kappa shape index (κ2) is 6.98. The second-order valence-electron chi connectivity index (χ2n) is 8.30. The van der Waals surface area contributed by atoms with Crippen LogP contribution in [-0.4, -0.2) is 31.1 Å². The number of ether oxygens (including phenoxy) is 2. The maximum atomic E-state index is 12.2. The van der Waals surface area contributed by atoms with Crippen molar-refractivity contribution < 1.29 is 19.1 Å². The van der Waals surface area contributed by atoms with Gasteiger partial charge in [-0.1, -0.05) is 20.8 Å². The molecule has 2 fully saturated rings. The number of benzene rings is 1. The molecular formula is C21H28N2O4. The SMILES string of the molecule is COc1cc(C(C)=O)ccc1OCC(=O)N/N=C1\CC2CCC1(C)C2(C)C. The summed E-state index contributed by atoms with van der Waals surface area (Å²) in [7, 11) is 1.50. The lowest BCUT2D eigenvalue weighted by Gasteiger charge is -2.34. The summed E-state index contributed by atoms with van der Waals surface area (Å²) in [6.45, 7) is 8.17. The number of hydrazone groups is 1. The van der Waals surface area contributed by atoms with E-state index in [0.717, 1.165) is 18.6 Å². The zero-order chi connectivity index (χ0) is 19.8. The predicted octanol–water partition coefficient (Wildman–Crippen LogP) is 3.60. The molecule has 1 N–H and O–H groups in total. The van der Waals surface area contributed by atoms with Crippen molar-refractivity contribution >= 4 is 17.4 Å². The highest BCUT2D eigenvalue weighted by Gasteiger charge is 2.60. The van der Waals surface area contributed by atoms with E-state index in [-0.39, 0.29) is 29.1 Å². The Morgan fingerprint density at radius 2 is 2.00 bits per heavy atom. The van der Waals surface area contributed by atoms with Crippen molar-refractivity contribution in [2.45, 2.75) is 47.0 Å². The van der Waals surface area contributed by atoms with Crippen LogP contribution in [0.1, 0.15) is 57.3 Å². The van der Waals surface area contributed by atoms with Crippen molar-refractivity contribution in [3.8, 4) is 11.5 Å². The van der Waals surface area contributed by atoms with Gasteiger partial charge in [0.15, 0.2) is 23.9 Å². The summed E-state index contributed by atoms with van der Waals surface area (Å²) in [6.07, 6.45) is 3.30. The maximum absolute atomic E-state index is 12.2. The van der Waals surface area contributed by atoms with Gasteiger partial charge in [0.05, 0.1) is 7.11 Å². The van der Waals surface area contributed by atoms with E-state index in [4.69, 9.17) is 9.47 Å². The zero-order valence-corrected chi connectivity index (χ0v) is 16.7. The van der Waals surface area contributed by atoms with E-state index in [1.807, 2.05) is 0 Å². The second-order valence-corrected chi connectivity index (χ2v) is 8.30. The standard InChI is InChI=1S/C21H28N2O4/c1-13(24)14-6-7-16(17(10-14)26-5)27-12-19(25)23-22-18-11-15-8-9-21(18,4)20(15,2)3/h6-7,10,15H,8-9,11-12H2,1-5H3,(H,23,25)/b22-18+. The fourth-order valence-electron chi connectivity index (χ4n) is 4.41. The first kappa shape index (κ1) is 19.4. The lowest BCUT2D eigenvalue weighted by Crippen LogP contribution is -2.35. The van der Waals surface area contributed by atoms with Crippen molar-refractivity contribution in [3.63, 3.8) is 0 Å². The topological polar surface area (TPSA) is 77.0 Å². The van der Waals surface area contributed by atoms with E-state index >= 15 is 0 Å². The lowest BCUT2D eigenvalue weighted by molar-refractivity contribution is -0.123. The Balaban J connectivity index is 1.61. The number of hydrogen-bond donors (Lipinski definition) is 1. The van der Waals surface area contributed by atoms with Crippen LogP contribution >= 0.6 is 0 Å². The Kier molecular flexibility index (Phi) is 5.02. The van der Waals surface area contributed by atoms with Crippen LogP contribution in [0.4, 0.5) is 0 Å². The summed E-state index contributed by atoms with van der Waals surface area (Å²) >= 11 is 0. The van der Waals surface area contributed by atoms with Crippen molar-refractivity contribution in [2.24, 2.45) is 21.8 Å². The number of nitrogens with zero attached hydrogens (tertiary/aromatic N) is 1. The van der Waals surface area contributed by atoms with Crippen LogP contribution in [0.15, 0.2) is 23.3 Å². The molecule has 0 aliphatic heterocycles. The first-order valence-corrected chi connectivity index (χ1v) is 9.36. The normalized spacial score (nSPS) is 26.9. The van der Waals surface area contributed by atoms with Gasteiger partial charge in [-0.15, -0.1) is 0 Å². The van der Waals surface area contributed by atoms with Crippen LogP contribution < -0.4 is 14.9 Å². The molecule has 27 heavy (non-hydrogen) atoms. The van der Waals surface area contributed by atoms with Gasteiger partial charge in [0.2, 0.25) is 0 Å². The molecule has 2 aliphatic rings. The molecule has 1 amide bonds. The third-order valence-corrected chi connectivity index (χ3v) is 6.76. The van der Waals surface area contributed by atoms with E-state index in [9.17, 15) is 9.59 Å². The highest BCUT2D eigenvalue weighted by Crippen LogP contribution is 2.63. The number of ketones is 1. The highest BCUT2D eigenvalue weighted by molar-refractivity contribution is 5.95. The minimum Gasteiger partial charge on any atom is -0.493 e. The number of hydrogen-bond acceptors (Lipinski definition) is 5. The number of methoxy groups -OCH3 is 1. The van der Waals surface area contributed by atoms with E-state index in [0.29, 0.717) is 23.0 Å². The predicted molar refractivity (Wildman–Crippen MR) is 103 cm³/mol. The summed E-state index contributed by atoms with van der Waals surface area (Å²) < 4.78 is 10.8. The first-order chi connectivity index (χ1) is 12.7. The summed E-state index contributed by atoms with van der Waals surface area (Å²) in [5.74, 6) is 1.10. The average molecular weight is 372 g/mol. The molecule has 6 nitrogen and oxygen atoms in total. The van der Waals surface area contributed by atoms with Gasteiger partial charge >= 0.3 is 0 Å². The van der Waals surface area contributed by atoms with Crippen molar-refractivity contribution in [3.05, 3.63) is 23.8 Å². The quantitative estimate of drug-likeness (QED) is 0.611. The molecule has 3 rings (SSSR count). The Bertz CT molecular complexity index is 799. The van der Waals surface area contributed by atoms with Crippen molar-refractivity contribution in [1.29, 1.82) is 0 Å². The van der Waals surface area contributed by atoms with Gasteiger partial charge in [0.1, 0.15) is 0 Å². The summed E-state index contributed by atoms with van der Waals surface area (Å²) in [4.78, 5) is 23.6. The third kappa shape index (κ3) is 3.33. The molecular weight excluding hydrogens is 344 g/mol. The van der Waals surface area contributed by atoms with Crippen LogP contribution in [-0.2, 0) is 4.79 Å². The lowest BCUT2D eigenvalue weighted by atomic mass is 9.70. The van der Waals surface area contributed by atoms with E-state index in [1.54, 1.807) is 18.2 Å². The van der Waals surface area contributed by atoms with Crippen LogP contribution in [0.25, 0.3) is 0 Å². The smallest absolute Gasteiger partial charge is 0.277 e. The molecule has 6 heteroatoms. The van der Waals surface area contributed by atoms with E-state index in [1.165, 1.54) is 20.5 Å². The van der Waals surface area contributed by atoms with Crippen LogP contribution in [0.2, 0.25) is 0 Å². The van der Waals surface area contributed by atoms with Gasteiger partial charge in [0, 0.05) is 16.7 Å². The van der Waals surface area contributed by atoms with E-state index in [2.05, 4.69) is 31.3 Å².